The van der Waals surface area contributed by atoms with Crippen molar-refractivity contribution in [3.8, 4) is 5.75 Å². The van der Waals surface area contributed by atoms with Gasteiger partial charge in [-0.05, 0) is 37.1 Å². The molecule has 0 spiro atoms. The SMILES string of the molecule is COC1CN(Cc2cc(Cl)ccc2O)CCC1C. The predicted molar refractivity (Wildman–Crippen MR) is 73.0 cm³/mol. The molecule has 1 aliphatic rings. The first-order valence-electron chi connectivity index (χ1n) is 6.32. The van der Waals surface area contributed by atoms with Crippen LogP contribution in [0.4, 0.5) is 0 Å². The highest BCUT2D eigenvalue weighted by molar-refractivity contribution is 6.30. The fourth-order valence-corrected chi connectivity index (χ4v) is 2.66. The second-order valence-corrected chi connectivity index (χ2v) is 5.48. The van der Waals surface area contributed by atoms with E-state index in [0.717, 1.165) is 31.6 Å². The Hall–Kier alpha value is -0.770. The number of hydrogen-bond acceptors (Lipinski definition) is 3. The molecule has 1 aromatic carbocycles. The number of nitrogens with zero attached hydrogens (tertiary/aromatic N) is 1. The summed E-state index contributed by atoms with van der Waals surface area (Å²) >= 11 is 5.96. The zero-order valence-corrected chi connectivity index (χ0v) is 11.7. The Morgan fingerprint density at radius 3 is 3.00 bits per heavy atom. The lowest BCUT2D eigenvalue weighted by Crippen LogP contribution is -2.43. The molecule has 18 heavy (non-hydrogen) atoms. The largest absolute Gasteiger partial charge is 0.508 e. The van der Waals surface area contributed by atoms with Crippen molar-refractivity contribution in [1.82, 2.24) is 4.90 Å². The van der Waals surface area contributed by atoms with Crippen molar-refractivity contribution in [2.75, 3.05) is 20.2 Å². The van der Waals surface area contributed by atoms with E-state index in [-0.39, 0.29) is 6.10 Å². The smallest absolute Gasteiger partial charge is 0.120 e. The van der Waals surface area contributed by atoms with Crippen molar-refractivity contribution in [3.05, 3.63) is 28.8 Å². The van der Waals surface area contributed by atoms with Crippen LogP contribution in [0.1, 0.15) is 18.9 Å². The second kappa shape index (κ2) is 5.91. The number of hydrogen-bond donors (Lipinski definition) is 1. The van der Waals surface area contributed by atoms with Gasteiger partial charge >= 0.3 is 0 Å². The number of phenols is 1. The third-order valence-corrected chi connectivity index (χ3v) is 3.95. The van der Waals surface area contributed by atoms with Crippen LogP contribution in [0, 0.1) is 5.92 Å². The van der Waals surface area contributed by atoms with Gasteiger partial charge in [0.1, 0.15) is 5.75 Å². The topological polar surface area (TPSA) is 32.7 Å². The van der Waals surface area contributed by atoms with Gasteiger partial charge in [0.05, 0.1) is 6.10 Å². The Kier molecular flexibility index (Phi) is 4.49. The number of phenolic OH excluding ortho intramolecular Hbond substituents is 1. The number of ether oxygens (including phenoxy) is 1. The molecule has 0 amide bonds. The normalized spacial score (nSPS) is 25.3. The van der Waals surface area contributed by atoms with Gasteiger partial charge < -0.3 is 9.84 Å². The van der Waals surface area contributed by atoms with Gasteiger partial charge in [-0.1, -0.05) is 18.5 Å². The minimum absolute atomic E-state index is 0.278. The molecule has 4 heteroatoms. The Labute approximate surface area is 113 Å². The molecule has 0 saturated carbocycles. The van der Waals surface area contributed by atoms with E-state index in [1.165, 1.54) is 0 Å². The first-order valence-corrected chi connectivity index (χ1v) is 6.70. The summed E-state index contributed by atoms with van der Waals surface area (Å²) in [5, 5.41) is 10.5. The van der Waals surface area contributed by atoms with Crippen molar-refractivity contribution in [1.29, 1.82) is 0 Å². The van der Waals surface area contributed by atoms with Crippen molar-refractivity contribution in [2.45, 2.75) is 26.0 Å². The van der Waals surface area contributed by atoms with Crippen LogP contribution in [-0.2, 0) is 11.3 Å². The first kappa shape index (κ1) is 13.7. The summed E-state index contributed by atoms with van der Waals surface area (Å²) in [5.41, 5.74) is 0.881. The molecule has 1 fully saturated rings. The Morgan fingerprint density at radius 1 is 1.50 bits per heavy atom. The predicted octanol–water partition coefficient (Wildman–Crippen LogP) is 2.90. The van der Waals surface area contributed by atoms with E-state index in [1.54, 1.807) is 19.2 Å². The molecule has 2 rings (SSSR count). The number of halogens is 1. The summed E-state index contributed by atoms with van der Waals surface area (Å²) in [5.74, 6) is 0.909. The molecule has 0 bridgehead atoms. The van der Waals surface area contributed by atoms with Crippen LogP contribution in [0.15, 0.2) is 18.2 Å². The summed E-state index contributed by atoms with van der Waals surface area (Å²) in [4.78, 5) is 2.31. The fourth-order valence-electron chi connectivity index (χ4n) is 2.47. The number of likely N-dealkylation sites (tertiary alicyclic amines) is 1. The third kappa shape index (κ3) is 3.16. The molecule has 2 atom stereocenters. The monoisotopic (exact) mass is 269 g/mol. The maximum absolute atomic E-state index is 9.82. The highest BCUT2D eigenvalue weighted by Gasteiger charge is 2.26. The zero-order chi connectivity index (χ0) is 13.1. The molecule has 1 aliphatic heterocycles. The number of methoxy groups -OCH3 is 1. The molecule has 0 aromatic heterocycles. The van der Waals surface area contributed by atoms with Crippen LogP contribution >= 0.6 is 11.6 Å². The third-order valence-electron chi connectivity index (χ3n) is 3.71. The second-order valence-electron chi connectivity index (χ2n) is 5.05. The highest BCUT2D eigenvalue weighted by Crippen LogP contribution is 2.26. The van der Waals surface area contributed by atoms with Crippen molar-refractivity contribution in [3.63, 3.8) is 0 Å². The quantitative estimate of drug-likeness (QED) is 0.916. The van der Waals surface area contributed by atoms with E-state index in [2.05, 4.69) is 11.8 Å². The fraction of sp³-hybridized carbons (Fsp3) is 0.571. The molecule has 2 unspecified atom stereocenters. The Balaban J connectivity index is 2.03. The van der Waals surface area contributed by atoms with Gasteiger partial charge in [-0.15, -0.1) is 0 Å². The van der Waals surface area contributed by atoms with Crippen LogP contribution < -0.4 is 0 Å². The van der Waals surface area contributed by atoms with Gasteiger partial charge in [-0.25, -0.2) is 0 Å². The molecule has 100 valence electrons. The van der Waals surface area contributed by atoms with Gasteiger partial charge in [-0.3, -0.25) is 4.90 Å². The van der Waals surface area contributed by atoms with Crippen LogP contribution in [-0.4, -0.2) is 36.3 Å². The molecule has 3 nitrogen and oxygen atoms in total. The summed E-state index contributed by atoms with van der Waals surface area (Å²) < 4.78 is 5.50. The molecular formula is C14H20ClNO2. The number of benzene rings is 1. The van der Waals surface area contributed by atoms with Crippen molar-refractivity contribution >= 4 is 11.6 Å². The maximum Gasteiger partial charge on any atom is 0.120 e. The Bertz CT molecular complexity index is 411. The first-order chi connectivity index (χ1) is 8.60. The van der Waals surface area contributed by atoms with Gasteiger partial charge in [0, 0.05) is 30.8 Å². The van der Waals surface area contributed by atoms with Crippen molar-refractivity contribution < 1.29 is 9.84 Å². The number of rotatable bonds is 3. The van der Waals surface area contributed by atoms with Crippen LogP contribution in [0.25, 0.3) is 0 Å². The van der Waals surface area contributed by atoms with E-state index in [4.69, 9.17) is 16.3 Å². The lowest BCUT2D eigenvalue weighted by Gasteiger charge is -2.36. The lowest BCUT2D eigenvalue weighted by molar-refractivity contribution is -0.00761. The highest BCUT2D eigenvalue weighted by atomic mass is 35.5. The van der Waals surface area contributed by atoms with E-state index >= 15 is 0 Å². The maximum atomic E-state index is 9.82. The van der Waals surface area contributed by atoms with E-state index in [0.29, 0.717) is 16.7 Å². The molecule has 0 aliphatic carbocycles. The van der Waals surface area contributed by atoms with E-state index in [1.807, 2.05) is 6.07 Å². The standard InChI is InChI=1S/C14H20ClNO2/c1-10-5-6-16(9-14(10)18-2)8-11-7-12(15)3-4-13(11)17/h3-4,7,10,14,17H,5-6,8-9H2,1-2H3. The summed E-state index contributed by atoms with van der Waals surface area (Å²) in [6.07, 6.45) is 1.40. The average Bonchev–Trinajstić information content (AvgIpc) is 2.36. The Morgan fingerprint density at radius 2 is 2.28 bits per heavy atom. The molecule has 1 N–H and O–H groups in total. The zero-order valence-electron chi connectivity index (χ0n) is 10.9. The number of piperidine rings is 1. The van der Waals surface area contributed by atoms with Crippen molar-refractivity contribution in [2.24, 2.45) is 5.92 Å². The van der Waals surface area contributed by atoms with Gasteiger partial charge in [0.2, 0.25) is 0 Å². The average molecular weight is 270 g/mol. The van der Waals surface area contributed by atoms with Gasteiger partial charge in [-0.2, -0.15) is 0 Å². The van der Waals surface area contributed by atoms with E-state index < -0.39 is 0 Å². The van der Waals surface area contributed by atoms with Crippen LogP contribution in [0.3, 0.4) is 0 Å². The summed E-state index contributed by atoms with van der Waals surface area (Å²) in [6, 6.07) is 5.19. The molecule has 1 heterocycles. The van der Waals surface area contributed by atoms with Crippen LogP contribution in [0.5, 0.6) is 5.75 Å². The molecule has 1 aromatic rings. The van der Waals surface area contributed by atoms with Gasteiger partial charge in [0.25, 0.3) is 0 Å². The lowest BCUT2D eigenvalue weighted by atomic mass is 9.95. The molecule has 0 radical (unpaired) electrons. The minimum Gasteiger partial charge on any atom is -0.508 e. The molecular weight excluding hydrogens is 250 g/mol. The number of aromatic hydroxyl groups is 1. The molecule has 1 saturated heterocycles. The van der Waals surface area contributed by atoms with Crippen LogP contribution in [0.2, 0.25) is 5.02 Å². The van der Waals surface area contributed by atoms with Gasteiger partial charge in [0.15, 0.2) is 0 Å². The summed E-state index contributed by atoms with van der Waals surface area (Å²) in [7, 11) is 1.77. The van der Waals surface area contributed by atoms with E-state index in [9.17, 15) is 5.11 Å². The summed E-state index contributed by atoms with van der Waals surface area (Å²) in [6.45, 7) is 4.89. The minimum atomic E-state index is 0.278.